The molecular formula is C28H32N3O3P. The Morgan fingerprint density at radius 2 is 2.11 bits per heavy atom. The van der Waals surface area contributed by atoms with Gasteiger partial charge in [-0.3, -0.25) is 9.59 Å². The van der Waals surface area contributed by atoms with Gasteiger partial charge in [-0.1, -0.05) is 45.0 Å². The standard InChI is InChI=1S/C28H32N3O3P/c1-2-4-20-7-8-23(27-22(20)5-3-16-35-27)30-28(33)21-11-14-31(15-12-21)13-10-19-6-9-25-24(17-19)29-26(32)18-34-25/h2-9,17,21,35H,10-16,18H2,1H3,(H,29,32)(H,30,33)/b4-2+. The summed E-state index contributed by atoms with van der Waals surface area (Å²) in [6.07, 6.45) is 12.3. The molecule has 6 nitrogen and oxygen atoms in total. The van der Waals surface area contributed by atoms with E-state index in [4.69, 9.17) is 4.74 Å². The van der Waals surface area contributed by atoms with Crippen LogP contribution in [0, 0.1) is 5.92 Å². The van der Waals surface area contributed by atoms with E-state index in [0.29, 0.717) is 8.58 Å². The fourth-order valence-corrected chi connectivity index (χ4v) is 6.19. The number of benzene rings is 2. The average Bonchev–Trinajstić information content (AvgIpc) is 2.89. The SMILES string of the molecule is C/C=C/c1ccc(NC(=O)C2CCN(CCc3ccc4c(c3)NC(=O)CO4)CC2)c2c1C=CCP2. The third kappa shape index (κ3) is 5.50. The number of hydrogen-bond donors (Lipinski definition) is 2. The maximum atomic E-state index is 13.1. The van der Waals surface area contributed by atoms with Crippen molar-refractivity contribution in [1.82, 2.24) is 4.90 Å². The molecule has 3 heterocycles. The molecule has 3 aliphatic heterocycles. The molecule has 182 valence electrons. The summed E-state index contributed by atoms with van der Waals surface area (Å²) < 4.78 is 5.44. The van der Waals surface area contributed by atoms with Crippen LogP contribution in [0.25, 0.3) is 12.2 Å². The molecule has 1 atom stereocenters. The van der Waals surface area contributed by atoms with Gasteiger partial charge in [0.25, 0.3) is 5.91 Å². The number of anilines is 2. The van der Waals surface area contributed by atoms with Gasteiger partial charge in [0.15, 0.2) is 6.61 Å². The number of likely N-dealkylation sites (tertiary alicyclic amines) is 1. The summed E-state index contributed by atoms with van der Waals surface area (Å²) in [7, 11) is 0.688. The molecule has 2 N–H and O–H groups in total. The van der Waals surface area contributed by atoms with Crippen molar-refractivity contribution in [3.05, 3.63) is 59.2 Å². The number of fused-ring (bicyclic) bond motifs is 2. The number of carbonyl (C=O) groups is 2. The Hall–Kier alpha value is -2.95. The van der Waals surface area contributed by atoms with E-state index in [9.17, 15) is 9.59 Å². The van der Waals surface area contributed by atoms with Gasteiger partial charge in [0.2, 0.25) is 5.91 Å². The lowest BCUT2D eigenvalue weighted by Crippen LogP contribution is -2.39. The third-order valence-electron chi connectivity index (χ3n) is 6.92. The van der Waals surface area contributed by atoms with Crippen molar-refractivity contribution in [3.8, 4) is 5.75 Å². The number of rotatable bonds is 6. The summed E-state index contributed by atoms with van der Waals surface area (Å²) in [4.78, 5) is 27.1. The Kier molecular flexibility index (Phi) is 7.31. The molecule has 2 amide bonds. The van der Waals surface area contributed by atoms with Gasteiger partial charge in [0, 0.05) is 23.5 Å². The van der Waals surface area contributed by atoms with Gasteiger partial charge in [0.05, 0.1) is 5.69 Å². The zero-order valence-corrected chi connectivity index (χ0v) is 21.1. The van der Waals surface area contributed by atoms with Crippen LogP contribution in [-0.4, -0.2) is 49.1 Å². The number of nitrogens with zero attached hydrogens (tertiary/aromatic N) is 1. The summed E-state index contributed by atoms with van der Waals surface area (Å²) in [6.45, 7) is 4.90. The molecule has 1 unspecified atom stereocenters. The van der Waals surface area contributed by atoms with Gasteiger partial charge in [-0.05, 0) is 80.3 Å². The van der Waals surface area contributed by atoms with Gasteiger partial charge >= 0.3 is 0 Å². The molecule has 0 spiro atoms. The first kappa shape index (κ1) is 23.8. The van der Waals surface area contributed by atoms with Crippen LogP contribution in [0.3, 0.4) is 0 Å². The summed E-state index contributed by atoms with van der Waals surface area (Å²) in [6, 6.07) is 10.2. The molecular weight excluding hydrogens is 457 g/mol. The van der Waals surface area contributed by atoms with Gasteiger partial charge in [-0.25, -0.2) is 0 Å². The van der Waals surface area contributed by atoms with Crippen LogP contribution in [-0.2, 0) is 16.0 Å². The molecule has 1 fully saturated rings. The number of nitrogens with one attached hydrogen (secondary N) is 2. The number of allylic oxidation sites excluding steroid dienone is 2. The van der Waals surface area contributed by atoms with Crippen LogP contribution in [0.2, 0.25) is 0 Å². The topological polar surface area (TPSA) is 70.7 Å². The van der Waals surface area contributed by atoms with Crippen LogP contribution >= 0.6 is 8.58 Å². The van der Waals surface area contributed by atoms with Crippen molar-refractivity contribution < 1.29 is 14.3 Å². The minimum Gasteiger partial charge on any atom is -0.482 e. The van der Waals surface area contributed by atoms with E-state index in [-0.39, 0.29) is 24.3 Å². The zero-order valence-electron chi connectivity index (χ0n) is 20.1. The largest absolute Gasteiger partial charge is 0.482 e. The average molecular weight is 490 g/mol. The quantitative estimate of drug-likeness (QED) is 0.595. The molecule has 3 aliphatic rings. The summed E-state index contributed by atoms with van der Waals surface area (Å²) in [5.41, 5.74) is 5.37. The van der Waals surface area contributed by atoms with Crippen molar-refractivity contribution in [2.24, 2.45) is 5.92 Å². The van der Waals surface area contributed by atoms with Crippen LogP contribution < -0.4 is 20.7 Å². The number of ether oxygens (including phenoxy) is 1. The molecule has 0 saturated carbocycles. The van der Waals surface area contributed by atoms with Gasteiger partial charge in [-0.15, -0.1) is 0 Å². The number of hydrogen-bond acceptors (Lipinski definition) is 4. The van der Waals surface area contributed by atoms with E-state index in [1.54, 1.807) is 0 Å². The van der Waals surface area contributed by atoms with Crippen molar-refractivity contribution in [1.29, 1.82) is 0 Å². The van der Waals surface area contributed by atoms with Crippen molar-refractivity contribution in [2.45, 2.75) is 26.2 Å². The second kappa shape index (κ2) is 10.8. The first-order valence-electron chi connectivity index (χ1n) is 12.4. The number of amides is 2. The van der Waals surface area contributed by atoms with Crippen LogP contribution in [0.1, 0.15) is 36.5 Å². The van der Waals surface area contributed by atoms with E-state index in [2.05, 4.69) is 58.0 Å². The van der Waals surface area contributed by atoms with E-state index in [1.165, 1.54) is 22.0 Å². The van der Waals surface area contributed by atoms with E-state index in [0.717, 1.165) is 62.2 Å². The highest BCUT2D eigenvalue weighted by atomic mass is 31.1. The van der Waals surface area contributed by atoms with E-state index in [1.807, 2.05) is 19.1 Å². The van der Waals surface area contributed by atoms with Gasteiger partial charge in [0.1, 0.15) is 5.75 Å². The van der Waals surface area contributed by atoms with Gasteiger partial charge < -0.3 is 20.3 Å². The fraction of sp³-hybridized carbons (Fsp3) is 0.357. The lowest BCUT2D eigenvalue weighted by Gasteiger charge is -2.31. The molecule has 0 aliphatic carbocycles. The Morgan fingerprint density at radius 1 is 1.26 bits per heavy atom. The minimum atomic E-state index is -0.110. The Labute approximate surface area is 208 Å². The first-order valence-corrected chi connectivity index (χ1v) is 13.6. The monoisotopic (exact) mass is 489 g/mol. The summed E-state index contributed by atoms with van der Waals surface area (Å²) in [5, 5.41) is 7.41. The fourth-order valence-electron chi connectivity index (χ4n) is 5.00. The predicted octanol–water partition coefficient (Wildman–Crippen LogP) is 4.27. The molecule has 1 saturated heterocycles. The number of carbonyl (C=O) groups excluding carboxylic acids is 2. The van der Waals surface area contributed by atoms with Crippen molar-refractivity contribution in [2.75, 3.05) is 43.0 Å². The molecule has 2 aromatic rings. The minimum absolute atomic E-state index is 0.0516. The molecule has 5 rings (SSSR count). The molecule has 2 aromatic carbocycles. The second-order valence-electron chi connectivity index (χ2n) is 9.30. The lowest BCUT2D eigenvalue weighted by molar-refractivity contribution is -0.121. The van der Waals surface area contributed by atoms with Crippen molar-refractivity contribution in [3.63, 3.8) is 0 Å². The third-order valence-corrected chi connectivity index (χ3v) is 8.25. The summed E-state index contributed by atoms with van der Waals surface area (Å²) in [5.74, 6) is 0.821. The molecule has 7 heteroatoms. The maximum Gasteiger partial charge on any atom is 0.262 e. The van der Waals surface area contributed by atoms with Crippen LogP contribution in [0.4, 0.5) is 11.4 Å². The van der Waals surface area contributed by atoms with Crippen LogP contribution in [0.5, 0.6) is 5.75 Å². The Bertz CT molecular complexity index is 1180. The predicted molar refractivity (Wildman–Crippen MR) is 145 cm³/mol. The highest BCUT2D eigenvalue weighted by Gasteiger charge is 2.26. The maximum absolute atomic E-state index is 13.1. The van der Waals surface area contributed by atoms with E-state index < -0.39 is 0 Å². The number of piperidine rings is 1. The molecule has 0 radical (unpaired) electrons. The highest BCUT2D eigenvalue weighted by molar-refractivity contribution is 7.48. The second-order valence-corrected chi connectivity index (χ2v) is 10.6. The lowest BCUT2D eigenvalue weighted by atomic mass is 9.95. The molecule has 0 aromatic heterocycles. The molecule has 35 heavy (non-hydrogen) atoms. The molecule has 0 bridgehead atoms. The Morgan fingerprint density at radius 3 is 2.94 bits per heavy atom. The van der Waals surface area contributed by atoms with E-state index >= 15 is 0 Å². The summed E-state index contributed by atoms with van der Waals surface area (Å²) >= 11 is 0. The zero-order chi connectivity index (χ0) is 24.2. The first-order chi connectivity index (χ1) is 17.1. The Balaban J connectivity index is 1.14. The normalized spacial score (nSPS) is 18.7. The van der Waals surface area contributed by atoms with Crippen LogP contribution in [0.15, 0.2) is 42.5 Å². The smallest absolute Gasteiger partial charge is 0.262 e. The highest BCUT2D eigenvalue weighted by Crippen LogP contribution is 2.31. The van der Waals surface area contributed by atoms with Gasteiger partial charge in [-0.2, -0.15) is 0 Å². The van der Waals surface area contributed by atoms with Crippen molar-refractivity contribution >= 4 is 49.2 Å².